The predicted octanol–water partition coefficient (Wildman–Crippen LogP) is 2.85. The van der Waals surface area contributed by atoms with E-state index in [0.717, 1.165) is 56.3 Å². The van der Waals surface area contributed by atoms with E-state index in [1.54, 1.807) is 18.3 Å². The third-order valence-corrected chi connectivity index (χ3v) is 7.43. The summed E-state index contributed by atoms with van der Waals surface area (Å²) in [5.41, 5.74) is 4.77. The third-order valence-electron chi connectivity index (χ3n) is 6.25. The number of nitrogens with zero attached hydrogens (tertiary/aromatic N) is 3. The van der Waals surface area contributed by atoms with Crippen molar-refractivity contribution in [3.63, 3.8) is 0 Å². The van der Waals surface area contributed by atoms with E-state index < -0.39 is 0 Å². The van der Waals surface area contributed by atoms with Crippen molar-refractivity contribution in [2.45, 2.75) is 46.6 Å². The third kappa shape index (κ3) is 4.51. The van der Waals surface area contributed by atoms with Crippen molar-refractivity contribution in [1.82, 2.24) is 15.2 Å². The summed E-state index contributed by atoms with van der Waals surface area (Å²) in [5.74, 6) is 0.305. The molecule has 30 heavy (non-hydrogen) atoms. The lowest BCUT2D eigenvalue weighted by molar-refractivity contribution is -0.129. The maximum atomic E-state index is 12.8. The van der Waals surface area contributed by atoms with Gasteiger partial charge in [-0.15, -0.1) is 11.3 Å². The molecule has 0 spiro atoms. The van der Waals surface area contributed by atoms with Crippen molar-refractivity contribution in [1.29, 1.82) is 0 Å². The topological polar surface area (TPSA) is 65.5 Å². The number of piperazine rings is 1. The molecule has 0 saturated carbocycles. The van der Waals surface area contributed by atoms with E-state index in [-0.39, 0.29) is 17.7 Å². The number of fused-ring (bicyclic) bond motifs is 1. The molecule has 1 aromatic carbocycles. The lowest BCUT2D eigenvalue weighted by atomic mass is 9.90. The fourth-order valence-corrected chi connectivity index (χ4v) is 5.49. The van der Waals surface area contributed by atoms with Crippen molar-refractivity contribution in [2.75, 3.05) is 31.1 Å². The van der Waals surface area contributed by atoms with Crippen LogP contribution < -0.4 is 10.2 Å². The number of amides is 2. The summed E-state index contributed by atoms with van der Waals surface area (Å²) in [6.45, 7) is 9.54. The van der Waals surface area contributed by atoms with Gasteiger partial charge in [-0.25, -0.2) is 4.98 Å². The first-order valence-corrected chi connectivity index (χ1v) is 11.5. The molecule has 1 N–H and O–H groups in total. The fourth-order valence-electron chi connectivity index (χ4n) is 4.25. The number of aromatic nitrogens is 1. The zero-order valence-corrected chi connectivity index (χ0v) is 18.8. The SMILES string of the molecule is CC(=O)N1CCN(c2nc3c(s2)C[C@@H](C(=O)NCc2cc(C)ccc2C)CC3)CC1. The molecule has 1 aliphatic carbocycles. The minimum Gasteiger partial charge on any atom is -0.352 e. The van der Waals surface area contributed by atoms with Gasteiger partial charge in [-0.05, 0) is 44.2 Å². The molecule has 2 heterocycles. The summed E-state index contributed by atoms with van der Waals surface area (Å²) >= 11 is 1.72. The Labute approximate surface area is 182 Å². The van der Waals surface area contributed by atoms with Gasteiger partial charge in [0.1, 0.15) is 0 Å². The highest BCUT2D eigenvalue weighted by atomic mass is 32.1. The van der Waals surface area contributed by atoms with Gasteiger partial charge in [0.2, 0.25) is 11.8 Å². The van der Waals surface area contributed by atoms with Crippen LogP contribution in [0, 0.1) is 19.8 Å². The highest BCUT2D eigenvalue weighted by molar-refractivity contribution is 7.15. The summed E-state index contributed by atoms with van der Waals surface area (Å²) in [4.78, 5) is 34.6. The van der Waals surface area contributed by atoms with Crippen LogP contribution in [0.1, 0.15) is 40.6 Å². The first-order chi connectivity index (χ1) is 14.4. The molecule has 1 atom stereocenters. The number of aryl methyl sites for hydroxylation is 3. The number of carbonyl (C=O) groups is 2. The molecule has 6 nitrogen and oxygen atoms in total. The highest BCUT2D eigenvalue weighted by Crippen LogP contribution is 2.34. The van der Waals surface area contributed by atoms with Crippen molar-refractivity contribution in [3.8, 4) is 0 Å². The number of hydrogen-bond acceptors (Lipinski definition) is 5. The molecule has 2 amide bonds. The standard InChI is InChI=1S/C23H30N4O2S/c1-15-4-5-16(2)19(12-15)14-24-22(29)18-6-7-20-21(13-18)30-23(25-20)27-10-8-26(9-11-27)17(3)28/h4-5,12,18H,6-11,13-14H2,1-3H3,(H,24,29)/t18-/m0/s1. The van der Waals surface area contributed by atoms with E-state index in [0.29, 0.717) is 6.54 Å². The van der Waals surface area contributed by atoms with Gasteiger partial charge in [-0.2, -0.15) is 0 Å². The van der Waals surface area contributed by atoms with Gasteiger partial charge >= 0.3 is 0 Å². The van der Waals surface area contributed by atoms with E-state index in [1.807, 2.05) is 4.90 Å². The van der Waals surface area contributed by atoms with E-state index >= 15 is 0 Å². The second kappa shape index (κ2) is 8.76. The Morgan fingerprint density at radius 1 is 1.20 bits per heavy atom. The lowest BCUT2D eigenvalue weighted by Crippen LogP contribution is -2.48. The molecular formula is C23H30N4O2S. The van der Waals surface area contributed by atoms with Crippen LogP contribution in [0.15, 0.2) is 18.2 Å². The Morgan fingerprint density at radius 3 is 2.70 bits per heavy atom. The summed E-state index contributed by atoms with van der Waals surface area (Å²) in [7, 11) is 0. The van der Waals surface area contributed by atoms with Crippen molar-refractivity contribution < 1.29 is 9.59 Å². The molecule has 0 bridgehead atoms. The Kier molecular flexibility index (Phi) is 6.09. The number of benzene rings is 1. The Balaban J connectivity index is 1.35. The van der Waals surface area contributed by atoms with Crippen molar-refractivity contribution >= 4 is 28.3 Å². The summed E-state index contributed by atoms with van der Waals surface area (Å²) in [6, 6.07) is 6.36. The quantitative estimate of drug-likeness (QED) is 0.817. The average Bonchev–Trinajstić information content (AvgIpc) is 3.17. The van der Waals surface area contributed by atoms with Crippen LogP contribution in [0.25, 0.3) is 0 Å². The predicted molar refractivity (Wildman–Crippen MR) is 120 cm³/mol. The Bertz CT molecular complexity index is 947. The second-order valence-corrected chi connectivity index (χ2v) is 9.51. The number of anilines is 1. The maximum Gasteiger partial charge on any atom is 0.223 e. The maximum absolute atomic E-state index is 12.8. The molecule has 0 radical (unpaired) electrons. The number of carbonyl (C=O) groups excluding carboxylic acids is 2. The number of nitrogens with one attached hydrogen (secondary N) is 1. The lowest BCUT2D eigenvalue weighted by Gasteiger charge is -2.33. The fraction of sp³-hybridized carbons (Fsp3) is 0.522. The smallest absolute Gasteiger partial charge is 0.223 e. The molecule has 2 aromatic rings. The minimum atomic E-state index is 0.0190. The van der Waals surface area contributed by atoms with Crippen LogP contribution in [0.5, 0.6) is 0 Å². The molecule has 160 valence electrons. The summed E-state index contributed by atoms with van der Waals surface area (Å²) in [6.07, 6.45) is 2.49. The molecule has 7 heteroatoms. The van der Waals surface area contributed by atoms with Crippen LogP contribution in [0.4, 0.5) is 5.13 Å². The summed E-state index contributed by atoms with van der Waals surface area (Å²) < 4.78 is 0. The number of thiazole rings is 1. The molecule has 1 saturated heterocycles. The first kappa shape index (κ1) is 20.8. The van der Waals surface area contributed by atoms with Gasteiger partial charge in [0.25, 0.3) is 0 Å². The largest absolute Gasteiger partial charge is 0.352 e. The van der Waals surface area contributed by atoms with Gasteiger partial charge < -0.3 is 15.1 Å². The molecular weight excluding hydrogens is 396 g/mol. The van der Waals surface area contributed by atoms with E-state index in [9.17, 15) is 9.59 Å². The van der Waals surface area contributed by atoms with Crippen molar-refractivity contribution in [3.05, 3.63) is 45.5 Å². The number of hydrogen-bond donors (Lipinski definition) is 1. The van der Waals surface area contributed by atoms with Gasteiger partial charge in [-0.1, -0.05) is 23.8 Å². The second-order valence-electron chi connectivity index (χ2n) is 8.45. The van der Waals surface area contributed by atoms with E-state index in [4.69, 9.17) is 4.98 Å². The van der Waals surface area contributed by atoms with Crippen LogP contribution in [0.2, 0.25) is 0 Å². The van der Waals surface area contributed by atoms with E-state index in [2.05, 4.69) is 42.3 Å². The minimum absolute atomic E-state index is 0.0190. The normalized spacial score (nSPS) is 18.8. The first-order valence-electron chi connectivity index (χ1n) is 10.7. The Hall–Kier alpha value is -2.41. The number of rotatable bonds is 4. The average molecular weight is 427 g/mol. The zero-order chi connectivity index (χ0) is 21.3. The van der Waals surface area contributed by atoms with Crippen LogP contribution in [0.3, 0.4) is 0 Å². The van der Waals surface area contributed by atoms with Gasteiger partial charge in [0, 0.05) is 50.4 Å². The van der Waals surface area contributed by atoms with Crippen LogP contribution in [-0.2, 0) is 29.0 Å². The Morgan fingerprint density at radius 2 is 1.97 bits per heavy atom. The molecule has 1 fully saturated rings. The van der Waals surface area contributed by atoms with Crippen molar-refractivity contribution in [2.24, 2.45) is 5.92 Å². The molecule has 2 aliphatic rings. The van der Waals surface area contributed by atoms with Gasteiger partial charge in [-0.3, -0.25) is 9.59 Å². The summed E-state index contributed by atoms with van der Waals surface area (Å²) in [5, 5.41) is 4.19. The van der Waals surface area contributed by atoms with E-state index in [1.165, 1.54) is 21.6 Å². The molecule has 0 unspecified atom stereocenters. The highest BCUT2D eigenvalue weighted by Gasteiger charge is 2.29. The van der Waals surface area contributed by atoms with Gasteiger partial charge in [0.15, 0.2) is 5.13 Å². The molecule has 4 rings (SSSR count). The monoisotopic (exact) mass is 426 g/mol. The zero-order valence-electron chi connectivity index (χ0n) is 18.0. The van der Waals surface area contributed by atoms with Crippen LogP contribution >= 0.6 is 11.3 Å². The molecule has 1 aromatic heterocycles. The van der Waals surface area contributed by atoms with Crippen LogP contribution in [-0.4, -0.2) is 47.9 Å². The molecule has 1 aliphatic heterocycles. The van der Waals surface area contributed by atoms with Gasteiger partial charge in [0.05, 0.1) is 5.69 Å².